The largest absolute Gasteiger partial charge is 0.467 e. The highest BCUT2D eigenvalue weighted by molar-refractivity contribution is 5.85. The van der Waals surface area contributed by atoms with Crippen molar-refractivity contribution < 1.29 is 14.3 Å². The molecule has 1 N–H and O–H groups in total. The maximum Gasteiger partial charge on any atom is 0.225 e. The second kappa shape index (κ2) is 7.29. The minimum absolute atomic E-state index is 0. The van der Waals surface area contributed by atoms with Gasteiger partial charge in [0.15, 0.2) is 0 Å². The Kier molecular flexibility index (Phi) is 5.67. The minimum Gasteiger partial charge on any atom is -0.467 e. The van der Waals surface area contributed by atoms with Gasteiger partial charge in [0.25, 0.3) is 0 Å². The highest BCUT2D eigenvalue weighted by Crippen LogP contribution is 2.28. The van der Waals surface area contributed by atoms with Gasteiger partial charge in [0.2, 0.25) is 5.91 Å². The van der Waals surface area contributed by atoms with Crippen LogP contribution in [0, 0.1) is 5.92 Å². The fraction of sp³-hybridized carbons (Fsp3) is 0.667. The maximum atomic E-state index is 12.1. The zero-order chi connectivity index (χ0) is 13.9. The van der Waals surface area contributed by atoms with Gasteiger partial charge < -0.3 is 14.4 Å². The van der Waals surface area contributed by atoms with E-state index in [1.54, 1.807) is 18.4 Å². The monoisotopic (exact) mass is 314 g/mol. The summed E-state index contributed by atoms with van der Waals surface area (Å²) in [5.41, 5.74) is 0. The van der Waals surface area contributed by atoms with Crippen LogP contribution in [-0.4, -0.2) is 53.5 Å². The molecule has 118 valence electrons. The van der Waals surface area contributed by atoms with Gasteiger partial charge in [-0.3, -0.25) is 9.69 Å². The predicted octanol–water partition coefficient (Wildman–Crippen LogP) is 1.68. The number of β-amino-alcohol motifs (C(OH)–C–C–N with tert-alkyl or cyclic N) is 1. The topological polar surface area (TPSA) is 56.9 Å². The molecule has 1 unspecified atom stereocenters. The lowest BCUT2D eigenvalue weighted by Crippen LogP contribution is -2.51. The number of halogens is 1. The molecule has 2 fully saturated rings. The standard InChI is InChI=1S/C15H22N2O3.ClH/c18-13(14-5-2-10-20-14)11-16-6-8-17(9-7-16)15(19)12-3-1-4-12;/h2,5,10,12-13,18H,1,3-4,6-9,11H2;1H. The van der Waals surface area contributed by atoms with Gasteiger partial charge in [-0.1, -0.05) is 6.42 Å². The second-order valence-electron chi connectivity index (χ2n) is 5.78. The Morgan fingerprint density at radius 2 is 2.05 bits per heavy atom. The number of hydrogen-bond donors (Lipinski definition) is 1. The summed E-state index contributed by atoms with van der Waals surface area (Å²) < 4.78 is 5.21. The molecule has 1 aliphatic heterocycles. The first-order valence-corrected chi connectivity index (χ1v) is 7.46. The summed E-state index contributed by atoms with van der Waals surface area (Å²) in [6.07, 6.45) is 4.32. The average Bonchev–Trinajstić information content (AvgIpc) is 2.91. The molecule has 0 bridgehead atoms. The van der Waals surface area contributed by atoms with Gasteiger partial charge in [-0.05, 0) is 25.0 Å². The Morgan fingerprint density at radius 3 is 2.57 bits per heavy atom. The van der Waals surface area contributed by atoms with Crippen LogP contribution in [0.5, 0.6) is 0 Å². The summed E-state index contributed by atoms with van der Waals surface area (Å²) in [5, 5.41) is 10.1. The number of aliphatic hydroxyl groups is 1. The quantitative estimate of drug-likeness (QED) is 0.918. The van der Waals surface area contributed by atoms with Crippen molar-refractivity contribution >= 4 is 18.3 Å². The summed E-state index contributed by atoms with van der Waals surface area (Å²) in [5.74, 6) is 1.23. The summed E-state index contributed by atoms with van der Waals surface area (Å²) in [4.78, 5) is 16.3. The van der Waals surface area contributed by atoms with Crippen LogP contribution in [0.2, 0.25) is 0 Å². The van der Waals surface area contributed by atoms with Crippen molar-refractivity contribution in [3.05, 3.63) is 24.2 Å². The van der Waals surface area contributed by atoms with Crippen LogP contribution in [0.15, 0.2) is 22.8 Å². The molecule has 1 aliphatic carbocycles. The Morgan fingerprint density at radius 1 is 1.33 bits per heavy atom. The van der Waals surface area contributed by atoms with Crippen molar-refractivity contribution in [2.24, 2.45) is 5.92 Å². The zero-order valence-electron chi connectivity index (χ0n) is 12.1. The third-order valence-electron chi connectivity index (χ3n) is 4.44. The first kappa shape index (κ1) is 16.3. The molecule has 1 atom stereocenters. The van der Waals surface area contributed by atoms with Crippen LogP contribution in [0.25, 0.3) is 0 Å². The molecule has 1 amide bonds. The summed E-state index contributed by atoms with van der Waals surface area (Å²) in [6.45, 7) is 3.78. The Hall–Kier alpha value is -1.04. The summed E-state index contributed by atoms with van der Waals surface area (Å²) >= 11 is 0. The lowest BCUT2D eigenvalue weighted by atomic mass is 9.84. The average molecular weight is 315 g/mol. The van der Waals surface area contributed by atoms with E-state index in [1.165, 1.54) is 6.42 Å². The van der Waals surface area contributed by atoms with Gasteiger partial charge in [-0.2, -0.15) is 0 Å². The fourth-order valence-corrected chi connectivity index (χ4v) is 2.88. The van der Waals surface area contributed by atoms with Gasteiger partial charge in [-0.25, -0.2) is 0 Å². The Labute approximate surface area is 131 Å². The molecule has 2 aliphatic rings. The van der Waals surface area contributed by atoms with Crippen LogP contribution >= 0.6 is 12.4 Å². The predicted molar refractivity (Wildman–Crippen MR) is 81.3 cm³/mol. The maximum absolute atomic E-state index is 12.1. The third-order valence-corrected chi connectivity index (χ3v) is 4.44. The van der Waals surface area contributed by atoms with Gasteiger partial charge >= 0.3 is 0 Å². The third kappa shape index (κ3) is 3.78. The number of hydrogen-bond acceptors (Lipinski definition) is 4. The van der Waals surface area contributed by atoms with E-state index in [1.807, 2.05) is 4.90 Å². The van der Waals surface area contributed by atoms with E-state index in [4.69, 9.17) is 4.42 Å². The Bertz CT molecular complexity index is 440. The number of carbonyl (C=O) groups is 1. The van der Waals surface area contributed by atoms with Gasteiger partial charge in [0.05, 0.1) is 6.26 Å². The van der Waals surface area contributed by atoms with Crippen LogP contribution in [0.1, 0.15) is 31.1 Å². The molecule has 1 aromatic rings. The molecule has 2 heterocycles. The van der Waals surface area contributed by atoms with Gasteiger partial charge in [-0.15, -0.1) is 12.4 Å². The van der Waals surface area contributed by atoms with E-state index >= 15 is 0 Å². The number of aliphatic hydroxyl groups excluding tert-OH is 1. The van der Waals surface area contributed by atoms with Crippen LogP contribution in [0.3, 0.4) is 0 Å². The molecule has 3 rings (SSSR count). The van der Waals surface area contributed by atoms with E-state index in [0.717, 1.165) is 39.0 Å². The molecule has 0 spiro atoms. The number of rotatable bonds is 4. The van der Waals surface area contributed by atoms with Crippen molar-refractivity contribution in [1.29, 1.82) is 0 Å². The molecule has 0 radical (unpaired) electrons. The Balaban J connectivity index is 0.00000161. The number of carbonyl (C=O) groups excluding carboxylic acids is 1. The van der Waals surface area contributed by atoms with E-state index < -0.39 is 6.10 Å². The molecule has 1 saturated carbocycles. The van der Waals surface area contributed by atoms with Gasteiger partial charge in [0, 0.05) is 38.6 Å². The van der Waals surface area contributed by atoms with Crippen LogP contribution < -0.4 is 0 Å². The lowest BCUT2D eigenvalue weighted by Gasteiger charge is -2.38. The second-order valence-corrected chi connectivity index (χ2v) is 5.78. The molecule has 1 saturated heterocycles. The first-order valence-electron chi connectivity index (χ1n) is 7.46. The molecular weight excluding hydrogens is 292 g/mol. The van der Waals surface area contributed by atoms with Crippen molar-refractivity contribution in [1.82, 2.24) is 9.80 Å². The first-order chi connectivity index (χ1) is 9.74. The summed E-state index contributed by atoms with van der Waals surface area (Å²) in [6, 6.07) is 3.58. The van der Waals surface area contributed by atoms with Crippen molar-refractivity contribution in [2.75, 3.05) is 32.7 Å². The molecular formula is C15H23ClN2O3. The van der Waals surface area contributed by atoms with Crippen molar-refractivity contribution in [3.8, 4) is 0 Å². The van der Waals surface area contributed by atoms with E-state index in [2.05, 4.69) is 4.90 Å². The number of amides is 1. The molecule has 21 heavy (non-hydrogen) atoms. The number of piperazine rings is 1. The van der Waals surface area contributed by atoms with Gasteiger partial charge in [0.1, 0.15) is 11.9 Å². The highest BCUT2D eigenvalue weighted by atomic mass is 35.5. The van der Waals surface area contributed by atoms with E-state index in [-0.39, 0.29) is 18.3 Å². The molecule has 6 heteroatoms. The highest BCUT2D eigenvalue weighted by Gasteiger charge is 2.31. The fourth-order valence-electron chi connectivity index (χ4n) is 2.88. The molecule has 1 aromatic heterocycles. The minimum atomic E-state index is -0.584. The lowest BCUT2D eigenvalue weighted by molar-refractivity contribution is -0.140. The van der Waals surface area contributed by atoms with E-state index in [0.29, 0.717) is 18.2 Å². The van der Waals surface area contributed by atoms with Crippen molar-refractivity contribution in [2.45, 2.75) is 25.4 Å². The smallest absolute Gasteiger partial charge is 0.225 e. The van der Waals surface area contributed by atoms with Crippen LogP contribution in [0.4, 0.5) is 0 Å². The van der Waals surface area contributed by atoms with E-state index in [9.17, 15) is 9.90 Å². The normalized spacial score (nSPS) is 21.5. The summed E-state index contributed by atoms with van der Waals surface area (Å²) in [7, 11) is 0. The SMILES string of the molecule is Cl.O=C(C1CCC1)N1CCN(CC(O)c2ccco2)CC1. The molecule has 5 nitrogen and oxygen atoms in total. The number of nitrogens with zero attached hydrogens (tertiary/aromatic N) is 2. The van der Waals surface area contributed by atoms with Crippen molar-refractivity contribution in [3.63, 3.8) is 0 Å². The molecule has 0 aromatic carbocycles. The zero-order valence-corrected chi connectivity index (χ0v) is 12.9. The number of furan rings is 1. The van der Waals surface area contributed by atoms with Crippen LogP contribution in [-0.2, 0) is 4.79 Å².